The maximum absolute atomic E-state index is 6.22. The van der Waals surface area contributed by atoms with Gasteiger partial charge in [-0.15, -0.1) is 0 Å². The Morgan fingerprint density at radius 3 is 2.95 bits per heavy atom. The average molecular weight is 298 g/mol. The zero-order valence-electron chi connectivity index (χ0n) is 12.9. The van der Waals surface area contributed by atoms with Crippen molar-refractivity contribution in [3.63, 3.8) is 0 Å². The van der Waals surface area contributed by atoms with Crippen LogP contribution >= 0.6 is 0 Å². The Kier molecular flexibility index (Phi) is 3.62. The van der Waals surface area contributed by atoms with E-state index < -0.39 is 0 Å². The molecule has 3 heterocycles. The Morgan fingerprint density at radius 2 is 2.18 bits per heavy atom. The van der Waals surface area contributed by atoms with Gasteiger partial charge in [-0.2, -0.15) is 0 Å². The third-order valence-corrected chi connectivity index (χ3v) is 4.95. The fourth-order valence-corrected chi connectivity index (χ4v) is 3.88. The number of hydrogen-bond acceptors (Lipinski definition) is 4. The summed E-state index contributed by atoms with van der Waals surface area (Å²) < 4.78 is 12.1. The minimum atomic E-state index is 0.296. The van der Waals surface area contributed by atoms with Crippen molar-refractivity contribution in [2.24, 2.45) is 5.92 Å². The predicted molar refractivity (Wildman–Crippen MR) is 83.7 cm³/mol. The van der Waals surface area contributed by atoms with Crippen LogP contribution in [-0.2, 0) is 13.0 Å². The Morgan fingerprint density at radius 1 is 1.27 bits per heavy atom. The van der Waals surface area contributed by atoms with E-state index >= 15 is 0 Å². The summed E-state index contributed by atoms with van der Waals surface area (Å²) in [7, 11) is 0. The molecule has 2 aromatic rings. The molecule has 116 valence electrons. The first kappa shape index (κ1) is 13.8. The van der Waals surface area contributed by atoms with Crippen LogP contribution in [0.1, 0.15) is 31.3 Å². The topological polar surface area (TPSA) is 38.5 Å². The maximum Gasteiger partial charge on any atom is 0.138 e. The van der Waals surface area contributed by atoms with E-state index in [-0.39, 0.29) is 0 Å². The fourth-order valence-electron chi connectivity index (χ4n) is 3.88. The highest BCUT2D eigenvalue weighted by Gasteiger charge is 2.48. The molecule has 4 nitrogen and oxygen atoms in total. The molecule has 2 aromatic heterocycles. The third kappa shape index (κ3) is 2.52. The van der Waals surface area contributed by atoms with Crippen LogP contribution in [0.5, 0.6) is 5.75 Å². The summed E-state index contributed by atoms with van der Waals surface area (Å²) in [5.41, 5.74) is 0. The second-order valence-electron chi connectivity index (χ2n) is 6.33. The van der Waals surface area contributed by atoms with Crippen LogP contribution in [0.25, 0.3) is 0 Å². The Hall–Kier alpha value is -1.81. The molecule has 0 aromatic carbocycles. The first-order valence-corrected chi connectivity index (χ1v) is 8.22. The number of piperidine rings is 1. The van der Waals surface area contributed by atoms with Gasteiger partial charge in [0.05, 0.1) is 12.7 Å². The summed E-state index contributed by atoms with van der Waals surface area (Å²) in [5.74, 6) is 3.66. The van der Waals surface area contributed by atoms with Gasteiger partial charge in [0.25, 0.3) is 0 Å². The summed E-state index contributed by atoms with van der Waals surface area (Å²) >= 11 is 0. The fraction of sp³-hybridized carbons (Fsp3) is 0.500. The highest BCUT2D eigenvalue weighted by atomic mass is 16.5. The maximum atomic E-state index is 6.22. The molecular formula is C18H22N2O2. The molecule has 4 heteroatoms. The van der Waals surface area contributed by atoms with E-state index in [1.807, 2.05) is 18.3 Å². The highest BCUT2D eigenvalue weighted by molar-refractivity contribution is 5.18. The van der Waals surface area contributed by atoms with Crippen molar-refractivity contribution in [1.82, 2.24) is 9.88 Å². The number of furan rings is 1. The number of fused-ring (bicyclic) bond motifs is 2. The zero-order valence-corrected chi connectivity index (χ0v) is 12.9. The molecule has 2 aliphatic rings. The van der Waals surface area contributed by atoms with E-state index in [4.69, 9.17) is 9.15 Å². The standard InChI is InChI=1S/C18H22N2O2/c1-2-14-6-7-16(21-14)12-20-11-13-5-8-17(20)18(13)22-15-4-3-9-19-10-15/h3-4,6-7,9-10,13,17-18H,2,5,8,11-12H2,1H3. The van der Waals surface area contributed by atoms with Crippen molar-refractivity contribution in [3.8, 4) is 5.75 Å². The van der Waals surface area contributed by atoms with Crippen LogP contribution in [-0.4, -0.2) is 28.6 Å². The van der Waals surface area contributed by atoms with Crippen LogP contribution in [0.15, 0.2) is 41.1 Å². The molecule has 2 fully saturated rings. The molecule has 1 aliphatic carbocycles. The summed E-state index contributed by atoms with van der Waals surface area (Å²) in [6.45, 7) is 4.13. The molecule has 2 bridgehead atoms. The molecule has 4 rings (SSSR count). The van der Waals surface area contributed by atoms with Crippen LogP contribution in [0, 0.1) is 5.92 Å². The lowest BCUT2D eigenvalue weighted by Crippen LogP contribution is -2.35. The van der Waals surface area contributed by atoms with Crippen LogP contribution < -0.4 is 4.74 Å². The lowest BCUT2D eigenvalue weighted by atomic mass is 10.1. The zero-order chi connectivity index (χ0) is 14.9. The van der Waals surface area contributed by atoms with Crippen LogP contribution in [0.3, 0.4) is 0 Å². The van der Waals surface area contributed by atoms with Crippen LogP contribution in [0.4, 0.5) is 0 Å². The highest BCUT2D eigenvalue weighted by Crippen LogP contribution is 2.40. The van der Waals surface area contributed by atoms with Gasteiger partial charge in [0.1, 0.15) is 23.4 Å². The summed E-state index contributed by atoms with van der Waals surface area (Å²) in [4.78, 5) is 6.66. The van der Waals surface area contributed by atoms with Crippen molar-refractivity contribution in [3.05, 3.63) is 48.2 Å². The number of hydrogen-bond donors (Lipinski definition) is 0. The Labute approximate surface area is 131 Å². The van der Waals surface area contributed by atoms with E-state index in [0.717, 1.165) is 36.8 Å². The number of aryl methyl sites for hydroxylation is 1. The lowest BCUT2D eigenvalue weighted by molar-refractivity contribution is 0.135. The largest absolute Gasteiger partial charge is 0.487 e. The van der Waals surface area contributed by atoms with Crippen LogP contribution in [0.2, 0.25) is 0 Å². The van der Waals surface area contributed by atoms with Gasteiger partial charge < -0.3 is 9.15 Å². The number of rotatable bonds is 5. The van der Waals surface area contributed by atoms with Crippen molar-refractivity contribution in [2.45, 2.75) is 44.9 Å². The first-order chi connectivity index (χ1) is 10.8. The molecule has 3 atom stereocenters. The van der Waals surface area contributed by atoms with Crippen molar-refractivity contribution in [1.29, 1.82) is 0 Å². The van der Waals surface area contributed by atoms with Gasteiger partial charge in [0.15, 0.2) is 0 Å². The van der Waals surface area contributed by atoms with Gasteiger partial charge in [-0.3, -0.25) is 9.88 Å². The first-order valence-electron chi connectivity index (χ1n) is 8.22. The molecule has 1 saturated carbocycles. The predicted octanol–water partition coefficient (Wildman–Crippen LogP) is 3.28. The van der Waals surface area contributed by atoms with Gasteiger partial charge >= 0.3 is 0 Å². The second-order valence-corrected chi connectivity index (χ2v) is 6.33. The van der Waals surface area contributed by atoms with Gasteiger partial charge in [-0.25, -0.2) is 0 Å². The van der Waals surface area contributed by atoms with Gasteiger partial charge in [0, 0.05) is 31.1 Å². The van der Waals surface area contributed by atoms with E-state index in [1.54, 1.807) is 6.20 Å². The Bertz CT molecular complexity index is 625. The lowest BCUT2D eigenvalue weighted by Gasteiger charge is -2.26. The summed E-state index contributed by atoms with van der Waals surface area (Å²) in [6, 6.07) is 8.63. The quantitative estimate of drug-likeness (QED) is 0.849. The molecule has 1 aliphatic heterocycles. The number of aromatic nitrogens is 1. The van der Waals surface area contributed by atoms with Crippen molar-refractivity contribution < 1.29 is 9.15 Å². The third-order valence-electron chi connectivity index (χ3n) is 4.95. The molecule has 0 radical (unpaired) electrons. The number of pyridine rings is 1. The minimum absolute atomic E-state index is 0.296. The second kappa shape index (κ2) is 5.76. The SMILES string of the molecule is CCc1ccc(CN2CC3CCC2C3Oc2cccnc2)o1. The molecule has 22 heavy (non-hydrogen) atoms. The van der Waals surface area contributed by atoms with E-state index in [0.29, 0.717) is 18.1 Å². The van der Waals surface area contributed by atoms with E-state index in [2.05, 4.69) is 28.9 Å². The molecule has 0 spiro atoms. The van der Waals surface area contributed by atoms with Gasteiger partial charge in [0.2, 0.25) is 0 Å². The monoisotopic (exact) mass is 298 g/mol. The summed E-state index contributed by atoms with van der Waals surface area (Å²) in [5, 5.41) is 0. The molecule has 3 unspecified atom stereocenters. The average Bonchev–Trinajstić information content (AvgIpc) is 3.24. The van der Waals surface area contributed by atoms with Gasteiger partial charge in [-0.1, -0.05) is 6.92 Å². The van der Waals surface area contributed by atoms with Gasteiger partial charge in [-0.05, 0) is 37.1 Å². The van der Waals surface area contributed by atoms with E-state index in [9.17, 15) is 0 Å². The number of ether oxygens (including phenoxy) is 1. The summed E-state index contributed by atoms with van der Waals surface area (Å²) in [6.07, 6.45) is 7.33. The Balaban J connectivity index is 1.44. The number of likely N-dealkylation sites (tertiary alicyclic amines) is 1. The molecule has 1 saturated heterocycles. The van der Waals surface area contributed by atoms with E-state index in [1.165, 1.54) is 12.8 Å². The molecule has 0 N–H and O–H groups in total. The minimum Gasteiger partial charge on any atom is -0.487 e. The normalized spacial score (nSPS) is 27.4. The molecular weight excluding hydrogens is 276 g/mol. The smallest absolute Gasteiger partial charge is 0.138 e. The van der Waals surface area contributed by atoms with Crippen molar-refractivity contribution in [2.75, 3.05) is 6.54 Å². The number of nitrogens with zero attached hydrogens (tertiary/aromatic N) is 2. The van der Waals surface area contributed by atoms with Crippen molar-refractivity contribution >= 4 is 0 Å². The molecule has 0 amide bonds.